The molecule has 0 radical (unpaired) electrons. The monoisotopic (exact) mass is 386 g/mol. The van der Waals surface area contributed by atoms with E-state index >= 15 is 0 Å². The minimum Gasteiger partial charge on any atom is -0.383 e. The molecule has 7 heteroatoms. The summed E-state index contributed by atoms with van der Waals surface area (Å²) in [5, 5.41) is 7.88. The third-order valence-electron chi connectivity index (χ3n) is 5.58. The lowest BCUT2D eigenvalue weighted by molar-refractivity contribution is 0.0951. The van der Waals surface area contributed by atoms with Gasteiger partial charge in [-0.3, -0.25) is 4.79 Å². The number of nitrogens with one attached hydrogen (secondary N) is 3. The molecule has 1 aliphatic carbocycles. The predicted molar refractivity (Wildman–Crippen MR) is 115 cm³/mol. The van der Waals surface area contributed by atoms with Crippen LogP contribution in [0.25, 0.3) is 21.8 Å². The molecule has 5 rings (SSSR count). The van der Waals surface area contributed by atoms with E-state index < -0.39 is 0 Å². The maximum absolute atomic E-state index is 12.7. The maximum atomic E-state index is 12.7. The van der Waals surface area contributed by atoms with E-state index in [1.807, 2.05) is 36.4 Å². The smallest absolute Gasteiger partial charge is 0.251 e. The number of rotatable bonds is 4. The Morgan fingerprint density at radius 3 is 2.90 bits per heavy atom. The summed E-state index contributed by atoms with van der Waals surface area (Å²) in [6.07, 6.45) is 3.35. The second kappa shape index (κ2) is 6.77. The summed E-state index contributed by atoms with van der Waals surface area (Å²) in [7, 11) is 1.75. The van der Waals surface area contributed by atoms with E-state index in [1.54, 1.807) is 7.05 Å². The molecule has 0 saturated heterocycles. The second-order valence-corrected chi connectivity index (χ2v) is 7.41. The van der Waals surface area contributed by atoms with Crippen LogP contribution in [0.2, 0.25) is 0 Å². The number of fused-ring (bicyclic) bond motifs is 4. The average Bonchev–Trinajstić information content (AvgIpc) is 3.32. The Bertz CT molecular complexity index is 1260. The fourth-order valence-corrected chi connectivity index (χ4v) is 4.09. The van der Waals surface area contributed by atoms with E-state index in [9.17, 15) is 4.79 Å². The number of anilines is 2. The van der Waals surface area contributed by atoms with Crippen molar-refractivity contribution >= 4 is 39.5 Å². The van der Waals surface area contributed by atoms with Crippen molar-refractivity contribution in [3.63, 3.8) is 0 Å². The number of carbonyl (C=O) groups is 1. The van der Waals surface area contributed by atoms with Crippen LogP contribution in [0.5, 0.6) is 0 Å². The SMILES string of the molecule is CNc1nc(N)c2ccc(CNC(=O)c3ccc4[nH]c5c(c4c3)CCC5)cc2n1. The molecule has 7 nitrogen and oxygen atoms in total. The number of H-pyrrole nitrogens is 1. The summed E-state index contributed by atoms with van der Waals surface area (Å²) in [4.78, 5) is 24.8. The summed E-state index contributed by atoms with van der Waals surface area (Å²) in [6, 6.07) is 11.6. The molecule has 0 fully saturated rings. The molecule has 0 atom stereocenters. The molecule has 0 spiro atoms. The summed E-state index contributed by atoms with van der Waals surface area (Å²) in [5.41, 5.74) is 12.2. The van der Waals surface area contributed by atoms with Gasteiger partial charge in [-0.1, -0.05) is 6.07 Å². The maximum Gasteiger partial charge on any atom is 0.251 e. The van der Waals surface area contributed by atoms with Crippen molar-refractivity contribution in [2.24, 2.45) is 0 Å². The third-order valence-corrected chi connectivity index (χ3v) is 5.58. The van der Waals surface area contributed by atoms with Crippen LogP contribution in [0.4, 0.5) is 11.8 Å². The van der Waals surface area contributed by atoms with Gasteiger partial charge in [0.1, 0.15) is 5.82 Å². The van der Waals surface area contributed by atoms with Gasteiger partial charge in [-0.05, 0) is 60.7 Å². The van der Waals surface area contributed by atoms with Gasteiger partial charge in [-0.2, -0.15) is 4.98 Å². The number of benzene rings is 2. The van der Waals surface area contributed by atoms with E-state index in [2.05, 4.69) is 25.6 Å². The standard InChI is InChI=1S/C22H22N6O/c1-24-22-27-19-9-12(5-7-15(19)20(23)28-22)11-25-21(29)13-6-8-18-16(10-13)14-3-2-4-17(14)26-18/h5-10,26H,2-4,11H2,1H3,(H,25,29)(H3,23,24,27,28). The molecular formula is C22H22N6O. The largest absolute Gasteiger partial charge is 0.383 e. The molecule has 1 aliphatic rings. The highest BCUT2D eigenvalue weighted by atomic mass is 16.1. The molecule has 4 aromatic rings. The van der Waals surface area contributed by atoms with Crippen molar-refractivity contribution in [2.75, 3.05) is 18.1 Å². The molecule has 0 saturated carbocycles. The van der Waals surface area contributed by atoms with Gasteiger partial charge >= 0.3 is 0 Å². The first kappa shape index (κ1) is 17.5. The molecule has 146 valence electrons. The Balaban J connectivity index is 1.37. The number of aromatic amines is 1. The lowest BCUT2D eigenvalue weighted by Gasteiger charge is -2.09. The molecule has 0 bridgehead atoms. The quantitative estimate of drug-likeness (QED) is 0.431. The summed E-state index contributed by atoms with van der Waals surface area (Å²) < 4.78 is 0. The molecule has 2 heterocycles. The van der Waals surface area contributed by atoms with Crippen LogP contribution in [-0.4, -0.2) is 27.9 Å². The highest BCUT2D eigenvalue weighted by molar-refractivity contribution is 5.99. The van der Waals surface area contributed by atoms with E-state index in [-0.39, 0.29) is 5.91 Å². The van der Waals surface area contributed by atoms with Gasteiger partial charge in [-0.15, -0.1) is 0 Å². The van der Waals surface area contributed by atoms with E-state index in [0.717, 1.165) is 34.8 Å². The number of nitrogen functional groups attached to an aromatic ring is 1. The minimum absolute atomic E-state index is 0.0851. The number of hydrogen-bond acceptors (Lipinski definition) is 5. The third kappa shape index (κ3) is 3.04. The van der Waals surface area contributed by atoms with Gasteiger partial charge in [0.15, 0.2) is 0 Å². The normalized spacial score (nSPS) is 13.0. The first-order valence-electron chi connectivity index (χ1n) is 9.78. The summed E-state index contributed by atoms with van der Waals surface area (Å²) in [5.74, 6) is 0.823. The van der Waals surface area contributed by atoms with Crippen molar-refractivity contribution in [3.05, 3.63) is 58.8 Å². The molecule has 2 aromatic carbocycles. The van der Waals surface area contributed by atoms with Gasteiger partial charge in [0.25, 0.3) is 5.91 Å². The average molecular weight is 386 g/mol. The van der Waals surface area contributed by atoms with Crippen LogP contribution in [-0.2, 0) is 19.4 Å². The van der Waals surface area contributed by atoms with Gasteiger partial charge in [-0.25, -0.2) is 4.98 Å². The van der Waals surface area contributed by atoms with E-state index in [1.165, 1.54) is 23.1 Å². The van der Waals surface area contributed by atoms with Gasteiger partial charge in [0, 0.05) is 41.1 Å². The topological polar surface area (TPSA) is 109 Å². The zero-order valence-corrected chi connectivity index (χ0v) is 16.2. The van der Waals surface area contributed by atoms with Crippen LogP contribution in [0, 0.1) is 0 Å². The first-order valence-corrected chi connectivity index (χ1v) is 9.78. The Morgan fingerprint density at radius 1 is 1.14 bits per heavy atom. The molecular weight excluding hydrogens is 364 g/mol. The predicted octanol–water partition coefficient (Wildman–Crippen LogP) is 3.15. The number of carbonyl (C=O) groups excluding carboxylic acids is 1. The zero-order valence-electron chi connectivity index (χ0n) is 16.2. The molecule has 29 heavy (non-hydrogen) atoms. The van der Waals surface area contributed by atoms with Crippen LogP contribution in [0.3, 0.4) is 0 Å². The number of amides is 1. The number of nitrogens with two attached hydrogens (primary N) is 1. The van der Waals surface area contributed by atoms with Gasteiger partial charge < -0.3 is 21.4 Å². The van der Waals surface area contributed by atoms with Crippen LogP contribution in [0.15, 0.2) is 36.4 Å². The number of aryl methyl sites for hydroxylation is 2. The van der Waals surface area contributed by atoms with Crippen LogP contribution >= 0.6 is 0 Å². The fraction of sp³-hybridized carbons (Fsp3) is 0.227. The minimum atomic E-state index is -0.0851. The van der Waals surface area contributed by atoms with Crippen molar-refractivity contribution in [2.45, 2.75) is 25.8 Å². The summed E-state index contributed by atoms with van der Waals surface area (Å²) in [6.45, 7) is 0.414. The first-order chi connectivity index (χ1) is 14.1. The van der Waals surface area contributed by atoms with E-state index in [0.29, 0.717) is 23.9 Å². The lowest BCUT2D eigenvalue weighted by atomic mass is 10.1. The number of hydrogen-bond donors (Lipinski definition) is 4. The second-order valence-electron chi connectivity index (χ2n) is 7.41. The van der Waals surface area contributed by atoms with Crippen LogP contribution in [0.1, 0.15) is 33.6 Å². The molecule has 0 aliphatic heterocycles. The summed E-state index contributed by atoms with van der Waals surface area (Å²) >= 11 is 0. The van der Waals surface area contributed by atoms with E-state index in [4.69, 9.17) is 5.73 Å². The fourth-order valence-electron chi connectivity index (χ4n) is 4.09. The highest BCUT2D eigenvalue weighted by Gasteiger charge is 2.18. The lowest BCUT2D eigenvalue weighted by Crippen LogP contribution is -2.22. The Hall–Kier alpha value is -3.61. The Kier molecular flexibility index (Phi) is 4.08. The molecule has 5 N–H and O–H groups in total. The molecule has 2 aromatic heterocycles. The zero-order chi connectivity index (χ0) is 20.0. The Morgan fingerprint density at radius 2 is 2.03 bits per heavy atom. The van der Waals surface area contributed by atoms with Crippen LogP contribution < -0.4 is 16.4 Å². The van der Waals surface area contributed by atoms with Crippen molar-refractivity contribution in [1.82, 2.24) is 20.3 Å². The van der Waals surface area contributed by atoms with Crippen molar-refractivity contribution in [1.29, 1.82) is 0 Å². The number of aromatic nitrogens is 3. The number of nitrogens with zero attached hydrogens (tertiary/aromatic N) is 2. The van der Waals surface area contributed by atoms with Gasteiger partial charge in [0.2, 0.25) is 5.95 Å². The Labute approximate surface area is 167 Å². The van der Waals surface area contributed by atoms with Gasteiger partial charge in [0.05, 0.1) is 5.52 Å². The molecule has 1 amide bonds. The van der Waals surface area contributed by atoms with Crippen molar-refractivity contribution in [3.8, 4) is 0 Å². The molecule has 0 unspecified atom stereocenters. The van der Waals surface area contributed by atoms with Crippen molar-refractivity contribution < 1.29 is 4.79 Å². The highest BCUT2D eigenvalue weighted by Crippen LogP contribution is 2.30.